The fourth-order valence-corrected chi connectivity index (χ4v) is 1.85. The number of nitro groups is 1. The lowest BCUT2D eigenvalue weighted by atomic mass is 10.1. The monoisotopic (exact) mass is 266 g/mol. The van der Waals surface area contributed by atoms with Crippen LogP contribution in [0, 0.1) is 10.1 Å². The molecule has 100 valence electrons. The van der Waals surface area contributed by atoms with Crippen molar-refractivity contribution >= 4 is 17.5 Å². The number of carbonyl (C=O) groups is 2. The SMILES string of the molecule is COCCN1C(=O)c2cc(O)c([N+](=O)[O-])cc2C1=O. The van der Waals surface area contributed by atoms with Crippen molar-refractivity contribution < 1.29 is 24.4 Å². The van der Waals surface area contributed by atoms with E-state index in [-0.39, 0.29) is 24.3 Å². The van der Waals surface area contributed by atoms with E-state index in [1.807, 2.05) is 0 Å². The van der Waals surface area contributed by atoms with Gasteiger partial charge in [0.1, 0.15) is 0 Å². The highest BCUT2D eigenvalue weighted by molar-refractivity contribution is 6.21. The molecule has 1 aliphatic rings. The van der Waals surface area contributed by atoms with E-state index in [0.29, 0.717) is 0 Å². The van der Waals surface area contributed by atoms with Gasteiger partial charge in [0, 0.05) is 19.2 Å². The van der Waals surface area contributed by atoms with E-state index in [4.69, 9.17) is 4.74 Å². The summed E-state index contributed by atoms with van der Waals surface area (Å²) in [4.78, 5) is 34.7. The molecule has 8 nitrogen and oxygen atoms in total. The third-order valence-corrected chi connectivity index (χ3v) is 2.78. The molecule has 0 saturated heterocycles. The maximum Gasteiger partial charge on any atom is 0.311 e. The van der Waals surface area contributed by atoms with Gasteiger partial charge in [-0.15, -0.1) is 0 Å². The average Bonchev–Trinajstić information content (AvgIpc) is 2.58. The summed E-state index contributed by atoms with van der Waals surface area (Å²) in [5.74, 6) is -1.86. The molecule has 2 amide bonds. The summed E-state index contributed by atoms with van der Waals surface area (Å²) in [6, 6.07) is 1.86. The maximum atomic E-state index is 11.9. The third kappa shape index (κ3) is 2.02. The molecule has 0 aromatic heterocycles. The molecule has 0 radical (unpaired) electrons. The lowest BCUT2D eigenvalue weighted by molar-refractivity contribution is -0.385. The number of nitrogens with zero attached hydrogens (tertiary/aromatic N) is 2. The molecule has 1 heterocycles. The van der Waals surface area contributed by atoms with Crippen molar-refractivity contribution in [2.75, 3.05) is 20.3 Å². The van der Waals surface area contributed by atoms with Crippen molar-refractivity contribution in [3.05, 3.63) is 33.4 Å². The Hall–Kier alpha value is -2.48. The highest BCUT2D eigenvalue weighted by atomic mass is 16.6. The standard InChI is InChI=1S/C11H10N2O6/c1-19-3-2-12-10(15)6-4-8(13(17)18)9(14)5-7(6)11(12)16/h4-5,14H,2-3H2,1H3. The molecule has 0 unspecified atom stereocenters. The highest BCUT2D eigenvalue weighted by Crippen LogP contribution is 2.33. The quantitative estimate of drug-likeness (QED) is 0.484. The van der Waals surface area contributed by atoms with Gasteiger partial charge in [-0.25, -0.2) is 0 Å². The van der Waals surface area contributed by atoms with Crippen molar-refractivity contribution in [2.24, 2.45) is 0 Å². The lowest BCUT2D eigenvalue weighted by Gasteiger charge is -2.12. The Morgan fingerprint density at radius 1 is 1.32 bits per heavy atom. The van der Waals surface area contributed by atoms with Crippen molar-refractivity contribution in [1.29, 1.82) is 0 Å². The van der Waals surface area contributed by atoms with Crippen LogP contribution in [-0.2, 0) is 4.74 Å². The van der Waals surface area contributed by atoms with E-state index in [1.165, 1.54) is 7.11 Å². The van der Waals surface area contributed by atoms with Gasteiger partial charge in [0.15, 0.2) is 5.75 Å². The highest BCUT2D eigenvalue weighted by Gasteiger charge is 2.37. The van der Waals surface area contributed by atoms with E-state index >= 15 is 0 Å². The molecule has 0 saturated carbocycles. The summed E-state index contributed by atoms with van der Waals surface area (Å²) < 4.78 is 4.78. The molecule has 0 fully saturated rings. The first-order valence-corrected chi connectivity index (χ1v) is 5.34. The van der Waals surface area contributed by atoms with Crippen LogP contribution in [0.4, 0.5) is 5.69 Å². The molecule has 0 bridgehead atoms. The second-order valence-electron chi connectivity index (χ2n) is 3.90. The minimum Gasteiger partial charge on any atom is -0.502 e. The molecule has 2 rings (SSSR count). The number of fused-ring (bicyclic) bond motifs is 1. The van der Waals surface area contributed by atoms with Crippen molar-refractivity contribution in [1.82, 2.24) is 4.90 Å². The Bertz CT molecular complexity index is 583. The first-order valence-electron chi connectivity index (χ1n) is 5.34. The van der Waals surface area contributed by atoms with E-state index in [9.17, 15) is 24.8 Å². The predicted molar refractivity (Wildman–Crippen MR) is 62.0 cm³/mol. The van der Waals surface area contributed by atoms with Crippen LogP contribution in [0.25, 0.3) is 0 Å². The lowest BCUT2D eigenvalue weighted by Crippen LogP contribution is -2.32. The van der Waals surface area contributed by atoms with Gasteiger partial charge in [-0.3, -0.25) is 24.6 Å². The van der Waals surface area contributed by atoms with Gasteiger partial charge >= 0.3 is 5.69 Å². The van der Waals surface area contributed by atoms with Crippen LogP contribution >= 0.6 is 0 Å². The molecule has 1 aliphatic heterocycles. The van der Waals surface area contributed by atoms with Crippen LogP contribution in [0.5, 0.6) is 5.75 Å². The van der Waals surface area contributed by atoms with E-state index in [2.05, 4.69) is 0 Å². The Morgan fingerprint density at radius 3 is 2.42 bits per heavy atom. The number of nitro benzene ring substituents is 1. The average molecular weight is 266 g/mol. The first kappa shape index (κ1) is 13.0. The number of imide groups is 1. The number of aromatic hydroxyl groups is 1. The number of phenols is 1. The van der Waals surface area contributed by atoms with Crippen LogP contribution in [0.1, 0.15) is 20.7 Å². The molecule has 8 heteroatoms. The fourth-order valence-electron chi connectivity index (χ4n) is 1.85. The van der Waals surface area contributed by atoms with Gasteiger partial charge < -0.3 is 9.84 Å². The number of hydrogen-bond acceptors (Lipinski definition) is 6. The van der Waals surface area contributed by atoms with Crippen molar-refractivity contribution in [2.45, 2.75) is 0 Å². The summed E-state index contributed by atoms with van der Waals surface area (Å²) >= 11 is 0. The Kier molecular flexibility index (Phi) is 3.17. The number of amides is 2. The van der Waals surface area contributed by atoms with E-state index < -0.39 is 28.2 Å². The molecular weight excluding hydrogens is 256 g/mol. The second kappa shape index (κ2) is 4.65. The van der Waals surface area contributed by atoms with Crippen LogP contribution in [-0.4, -0.2) is 47.0 Å². The number of phenolic OH excluding ortho intramolecular Hbond substituents is 1. The predicted octanol–water partition coefficient (Wildman–Crippen LogP) is 0.543. The second-order valence-corrected chi connectivity index (χ2v) is 3.90. The van der Waals surface area contributed by atoms with Gasteiger partial charge in [0.2, 0.25) is 0 Å². The maximum absolute atomic E-state index is 11.9. The number of methoxy groups -OCH3 is 1. The van der Waals surface area contributed by atoms with E-state index in [0.717, 1.165) is 17.0 Å². The van der Waals surface area contributed by atoms with Crippen LogP contribution < -0.4 is 0 Å². The molecule has 0 spiro atoms. The zero-order valence-corrected chi connectivity index (χ0v) is 9.95. The van der Waals surface area contributed by atoms with Gasteiger partial charge in [0.25, 0.3) is 11.8 Å². The largest absolute Gasteiger partial charge is 0.502 e. The summed E-state index contributed by atoms with van der Waals surface area (Å²) in [6.07, 6.45) is 0. The van der Waals surface area contributed by atoms with Gasteiger partial charge in [-0.2, -0.15) is 0 Å². The first-order chi connectivity index (χ1) is 8.97. The summed E-state index contributed by atoms with van der Waals surface area (Å²) in [6.45, 7) is 0.219. The Balaban J connectivity index is 2.45. The third-order valence-electron chi connectivity index (χ3n) is 2.78. The van der Waals surface area contributed by atoms with Crippen LogP contribution in [0.2, 0.25) is 0 Å². The number of hydrogen-bond donors (Lipinski definition) is 1. The Labute approximate surface area is 107 Å². The molecule has 0 aliphatic carbocycles. The number of rotatable bonds is 4. The fraction of sp³-hybridized carbons (Fsp3) is 0.273. The molecule has 1 aromatic carbocycles. The number of benzene rings is 1. The topological polar surface area (TPSA) is 110 Å². The molecule has 0 atom stereocenters. The molecule has 19 heavy (non-hydrogen) atoms. The van der Waals surface area contributed by atoms with Crippen molar-refractivity contribution in [3.63, 3.8) is 0 Å². The minimum atomic E-state index is -0.814. The van der Waals surface area contributed by atoms with Gasteiger partial charge in [-0.05, 0) is 0 Å². The zero-order chi connectivity index (χ0) is 14.2. The molecule has 1 aromatic rings. The van der Waals surface area contributed by atoms with Crippen LogP contribution in [0.3, 0.4) is 0 Å². The number of carbonyl (C=O) groups excluding carboxylic acids is 2. The summed E-state index contributed by atoms with van der Waals surface area (Å²) in [7, 11) is 1.43. The van der Waals surface area contributed by atoms with Crippen molar-refractivity contribution in [3.8, 4) is 5.75 Å². The van der Waals surface area contributed by atoms with Gasteiger partial charge in [0.05, 0.1) is 29.2 Å². The Morgan fingerprint density at radius 2 is 1.89 bits per heavy atom. The smallest absolute Gasteiger partial charge is 0.311 e. The molecule has 1 N–H and O–H groups in total. The normalized spacial score (nSPS) is 13.8. The van der Waals surface area contributed by atoms with Crippen LogP contribution in [0.15, 0.2) is 12.1 Å². The summed E-state index contributed by atoms with van der Waals surface area (Å²) in [5, 5.41) is 20.1. The number of ether oxygens (including phenoxy) is 1. The zero-order valence-electron chi connectivity index (χ0n) is 9.95. The van der Waals surface area contributed by atoms with E-state index in [1.54, 1.807) is 0 Å². The van der Waals surface area contributed by atoms with Gasteiger partial charge in [-0.1, -0.05) is 0 Å². The summed E-state index contributed by atoms with van der Waals surface area (Å²) in [5.41, 5.74) is -0.719. The minimum absolute atomic E-state index is 0.0378. The molecular formula is C11H10N2O6.